The molecule has 0 rings (SSSR count). The fourth-order valence-corrected chi connectivity index (χ4v) is 0.399. The molecule has 0 aromatic carbocycles. The first-order valence-corrected chi connectivity index (χ1v) is 3.71. The molecule has 1 atom stereocenters. The summed E-state index contributed by atoms with van der Waals surface area (Å²) in [5.41, 5.74) is -0.00132. The number of hydrogen-bond acceptors (Lipinski definition) is 2. The largest absolute Gasteiger partial charge is 0.459 e. The van der Waals surface area contributed by atoms with Crippen molar-refractivity contribution in [3.8, 4) is 0 Å². The Balaban J connectivity index is 3.97. The molecule has 0 bridgehead atoms. The summed E-state index contributed by atoms with van der Waals surface area (Å²) < 4.78 is 5.01. The molecule has 11 heavy (non-hydrogen) atoms. The summed E-state index contributed by atoms with van der Waals surface area (Å²) in [6, 6.07) is 0. The van der Waals surface area contributed by atoms with E-state index in [1.807, 2.05) is 27.7 Å². The minimum Gasteiger partial charge on any atom is -0.459 e. The monoisotopic (exact) mass is 156 g/mol. The number of hydrogen-bond donors (Lipinski definition) is 0. The third kappa shape index (κ3) is 3.81. The minimum atomic E-state index is -0.354. The second-order valence-electron chi connectivity index (χ2n) is 3.65. The Hall–Kier alpha value is -0.790. The van der Waals surface area contributed by atoms with Crippen LogP contribution in [0, 0.1) is 5.41 Å². The van der Waals surface area contributed by atoms with Crippen molar-refractivity contribution < 1.29 is 9.53 Å². The van der Waals surface area contributed by atoms with Gasteiger partial charge in [0.05, 0.1) is 0 Å². The van der Waals surface area contributed by atoms with E-state index in [1.165, 1.54) is 6.08 Å². The Morgan fingerprint density at radius 1 is 1.55 bits per heavy atom. The molecule has 0 aliphatic heterocycles. The quantitative estimate of drug-likeness (QED) is 0.452. The molecule has 0 spiro atoms. The zero-order valence-electron chi connectivity index (χ0n) is 7.68. The fourth-order valence-electron chi connectivity index (χ4n) is 0.399. The predicted molar refractivity (Wildman–Crippen MR) is 45.2 cm³/mol. The molecule has 0 N–H and O–H groups in total. The van der Waals surface area contributed by atoms with E-state index in [4.69, 9.17) is 4.74 Å². The SMILES string of the molecule is C=CC(=O)O[C@H](C)C(C)(C)C. The van der Waals surface area contributed by atoms with E-state index in [9.17, 15) is 4.79 Å². The van der Waals surface area contributed by atoms with Crippen LogP contribution < -0.4 is 0 Å². The molecule has 0 unspecified atom stereocenters. The summed E-state index contributed by atoms with van der Waals surface area (Å²) in [6.07, 6.45) is 1.11. The van der Waals surface area contributed by atoms with Crippen molar-refractivity contribution in [1.82, 2.24) is 0 Å². The molecule has 0 radical (unpaired) electrons. The van der Waals surface area contributed by atoms with E-state index in [0.717, 1.165) is 0 Å². The third-order valence-corrected chi connectivity index (χ3v) is 1.68. The molecular formula is C9H16O2. The Labute approximate surface area is 68.2 Å². The predicted octanol–water partition coefficient (Wildman–Crippen LogP) is 2.15. The third-order valence-electron chi connectivity index (χ3n) is 1.68. The molecule has 0 amide bonds. The molecule has 2 nitrogen and oxygen atoms in total. The van der Waals surface area contributed by atoms with Gasteiger partial charge in [0, 0.05) is 6.08 Å². The highest BCUT2D eigenvalue weighted by Gasteiger charge is 2.22. The van der Waals surface area contributed by atoms with Crippen molar-refractivity contribution in [2.45, 2.75) is 33.8 Å². The average Bonchev–Trinajstić information content (AvgIpc) is 1.85. The van der Waals surface area contributed by atoms with Gasteiger partial charge in [-0.15, -0.1) is 0 Å². The Morgan fingerprint density at radius 2 is 2.00 bits per heavy atom. The maximum Gasteiger partial charge on any atom is 0.330 e. The van der Waals surface area contributed by atoms with Gasteiger partial charge in [-0.1, -0.05) is 27.4 Å². The summed E-state index contributed by atoms with van der Waals surface area (Å²) in [7, 11) is 0. The normalized spacial score (nSPS) is 13.8. The molecule has 64 valence electrons. The van der Waals surface area contributed by atoms with Crippen LogP contribution in [-0.4, -0.2) is 12.1 Å². The van der Waals surface area contributed by atoms with Gasteiger partial charge in [0.1, 0.15) is 6.10 Å². The molecule has 2 heteroatoms. The summed E-state index contributed by atoms with van der Waals surface area (Å²) in [4.78, 5) is 10.7. The van der Waals surface area contributed by atoms with Crippen LogP contribution in [0.4, 0.5) is 0 Å². The van der Waals surface area contributed by atoms with E-state index >= 15 is 0 Å². The van der Waals surface area contributed by atoms with E-state index in [1.54, 1.807) is 0 Å². The van der Waals surface area contributed by atoms with Gasteiger partial charge in [0.15, 0.2) is 0 Å². The van der Waals surface area contributed by atoms with Gasteiger partial charge in [-0.25, -0.2) is 4.79 Å². The van der Waals surface area contributed by atoms with Crippen LogP contribution in [0.15, 0.2) is 12.7 Å². The Bertz CT molecular complexity index is 153. The van der Waals surface area contributed by atoms with E-state index in [-0.39, 0.29) is 17.5 Å². The topological polar surface area (TPSA) is 26.3 Å². The lowest BCUT2D eigenvalue weighted by Crippen LogP contribution is -2.27. The first kappa shape index (κ1) is 10.2. The Kier molecular flexibility index (Phi) is 3.30. The zero-order valence-corrected chi connectivity index (χ0v) is 7.68. The van der Waals surface area contributed by atoms with Crippen molar-refractivity contribution in [1.29, 1.82) is 0 Å². The lowest BCUT2D eigenvalue weighted by molar-refractivity contribution is -0.147. The van der Waals surface area contributed by atoms with Crippen LogP contribution >= 0.6 is 0 Å². The van der Waals surface area contributed by atoms with Gasteiger partial charge in [-0.2, -0.15) is 0 Å². The first-order valence-electron chi connectivity index (χ1n) is 3.71. The first-order chi connectivity index (χ1) is 4.88. The second kappa shape index (κ2) is 3.56. The van der Waals surface area contributed by atoms with Gasteiger partial charge < -0.3 is 4.74 Å². The van der Waals surface area contributed by atoms with E-state index in [2.05, 4.69) is 6.58 Å². The zero-order chi connectivity index (χ0) is 9.07. The maximum absolute atomic E-state index is 10.7. The lowest BCUT2D eigenvalue weighted by atomic mass is 9.90. The summed E-state index contributed by atoms with van der Waals surface area (Å²) >= 11 is 0. The van der Waals surface area contributed by atoms with Crippen LogP contribution in [0.1, 0.15) is 27.7 Å². The van der Waals surface area contributed by atoms with Crippen molar-refractivity contribution in [3.63, 3.8) is 0 Å². The van der Waals surface area contributed by atoms with Gasteiger partial charge >= 0.3 is 5.97 Å². The molecule has 0 aliphatic carbocycles. The highest BCUT2D eigenvalue weighted by atomic mass is 16.5. The van der Waals surface area contributed by atoms with E-state index in [0.29, 0.717) is 0 Å². The van der Waals surface area contributed by atoms with Crippen LogP contribution in [0.2, 0.25) is 0 Å². The molecule has 0 saturated carbocycles. The van der Waals surface area contributed by atoms with Crippen molar-refractivity contribution in [2.75, 3.05) is 0 Å². The number of carbonyl (C=O) groups is 1. The standard InChI is InChI=1S/C9H16O2/c1-6-8(10)11-7(2)9(3,4)5/h6-7H,1H2,2-5H3/t7-/m1/s1. The summed E-state index contributed by atoms with van der Waals surface area (Å²) in [5, 5.41) is 0. The lowest BCUT2D eigenvalue weighted by Gasteiger charge is -2.26. The van der Waals surface area contributed by atoms with E-state index < -0.39 is 0 Å². The van der Waals surface area contributed by atoms with Crippen LogP contribution in [0.3, 0.4) is 0 Å². The fraction of sp³-hybridized carbons (Fsp3) is 0.667. The van der Waals surface area contributed by atoms with Gasteiger partial charge in [0.2, 0.25) is 0 Å². The summed E-state index contributed by atoms with van der Waals surface area (Å²) in [5.74, 6) is -0.354. The van der Waals surface area contributed by atoms with Crippen LogP contribution in [0.5, 0.6) is 0 Å². The van der Waals surface area contributed by atoms with Crippen LogP contribution in [-0.2, 0) is 9.53 Å². The van der Waals surface area contributed by atoms with Gasteiger partial charge in [0.25, 0.3) is 0 Å². The van der Waals surface area contributed by atoms with Crippen molar-refractivity contribution in [2.24, 2.45) is 5.41 Å². The number of esters is 1. The van der Waals surface area contributed by atoms with Gasteiger partial charge in [-0.3, -0.25) is 0 Å². The van der Waals surface area contributed by atoms with Crippen LogP contribution in [0.25, 0.3) is 0 Å². The average molecular weight is 156 g/mol. The Morgan fingerprint density at radius 3 is 2.27 bits per heavy atom. The molecule has 0 aliphatic rings. The molecule has 0 fully saturated rings. The van der Waals surface area contributed by atoms with Crippen molar-refractivity contribution in [3.05, 3.63) is 12.7 Å². The molecule has 0 aromatic heterocycles. The highest BCUT2D eigenvalue weighted by Crippen LogP contribution is 2.21. The van der Waals surface area contributed by atoms with Gasteiger partial charge in [-0.05, 0) is 12.3 Å². The second-order valence-corrected chi connectivity index (χ2v) is 3.65. The van der Waals surface area contributed by atoms with Crippen molar-refractivity contribution >= 4 is 5.97 Å². The molecular weight excluding hydrogens is 140 g/mol. The number of rotatable bonds is 2. The number of carbonyl (C=O) groups excluding carboxylic acids is 1. The maximum atomic E-state index is 10.7. The molecule has 0 heterocycles. The summed E-state index contributed by atoms with van der Waals surface area (Å²) in [6.45, 7) is 11.3. The highest BCUT2D eigenvalue weighted by molar-refractivity contribution is 5.81. The molecule has 0 aromatic rings. The smallest absolute Gasteiger partial charge is 0.330 e. The molecule has 0 saturated heterocycles. The number of ether oxygens (including phenoxy) is 1. The minimum absolute atomic E-state index is 0.00132.